The molecule has 4 aliphatic rings. The van der Waals surface area contributed by atoms with Gasteiger partial charge in [0.05, 0.1) is 23.1 Å². The van der Waals surface area contributed by atoms with E-state index in [0.29, 0.717) is 15.6 Å². The second-order valence-electron chi connectivity index (χ2n) is 7.12. The standard InChI is InChI=1S/C18H14Cl2N2O2/c19-10-2-1-9(13(20)7-10)8-21-22-16(23)14-11-3-4-12(15(14)17(22)24)18(11)5-6-18/h1-4,7-8,11-12,14-15H,5-6H2/b21-8+. The number of amides is 2. The van der Waals surface area contributed by atoms with Gasteiger partial charge in [0.25, 0.3) is 11.8 Å². The molecule has 24 heavy (non-hydrogen) atoms. The minimum atomic E-state index is -0.229. The van der Waals surface area contributed by atoms with Crippen LogP contribution in [-0.2, 0) is 9.59 Å². The zero-order valence-corrected chi connectivity index (χ0v) is 14.2. The molecule has 1 aromatic rings. The predicted molar refractivity (Wildman–Crippen MR) is 90.7 cm³/mol. The lowest BCUT2D eigenvalue weighted by molar-refractivity contribution is -0.141. The summed E-state index contributed by atoms with van der Waals surface area (Å²) in [7, 11) is 0. The summed E-state index contributed by atoms with van der Waals surface area (Å²) in [5.41, 5.74) is 0.828. The fourth-order valence-electron chi connectivity index (χ4n) is 4.90. The highest BCUT2D eigenvalue weighted by molar-refractivity contribution is 6.36. The molecular weight excluding hydrogens is 347 g/mol. The molecule has 3 aliphatic carbocycles. The maximum absolute atomic E-state index is 12.8. The van der Waals surface area contributed by atoms with Crippen molar-refractivity contribution in [2.24, 2.45) is 34.2 Å². The maximum atomic E-state index is 12.8. The van der Waals surface area contributed by atoms with E-state index >= 15 is 0 Å². The molecule has 0 aromatic heterocycles. The largest absolute Gasteiger partial charge is 0.272 e. The summed E-state index contributed by atoms with van der Waals surface area (Å²) in [4.78, 5) is 25.5. The number of allylic oxidation sites excluding steroid dienone is 2. The van der Waals surface area contributed by atoms with Gasteiger partial charge in [0.15, 0.2) is 0 Å². The summed E-state index contributed by atoms with van der Waals surface area (Å²) in [6, 6.07) is 5.01. The number of carbonyl (C=O) groups excluding carboxylic acids is 2. The number of benzene rings is 1. The third-order valence-corrected chi connectivity index (χ3v) is 6.67. The normalized spacial score (nSPS) is 34.8. The van der Waals surface area contributed by atoms with E-state index in [1.807, 2.05) is 0 Å². The molecular formula is C18H14Cl2N2O2. The molecule has 2 saturated carbocycles. The topological polar surface area (TPSA) is 49.7 Å². The van der Waals surface area contributed by atoms with Gasteiger partial charge >= 0.3 is 0 Å². The molecule has 2 bridgehead atoms. The van der Waals surface area contributed by atoms with E-state index in [-0.39, 0.29) is 40.9 Å². The molecule has 6 heteroatoms. The Morgan fingerprint density at radius 2 is 1.71 bits per heavy atom. The molecule has 2 amide bonds. The van der Waals surface area contributed by atoms with Gasteiger partial charge in [-0.05, 0) is 42.2 Å². The highest BCUT2D eigenvalue weighted by Gasteiger charge is 2.73. The van der Waals surface area contributed by atoms with Crippen LogP contribution in [0, 0.1) is 29.1 Å². The lowest BCUT2D eigenvalue weighted by atomic mass is 9.85. The maximum Gasteiger partial charge on any atom is 0.254 e. The van der Waals surface area contributed by atoms with E-state index in [9.17, 15) is 9.59 Å². The first-order chi connectivity index (χ1) is 11.5. The van der Waals surface area contributed by atoms with Gasteiger partial charge < -0.3 is 0 Å². The average molecular weight is 361 g/mol. The number of imide groups is 1. The van der Waals surface area contributed by atoms with Crippen molar-refractivity contribution in [1.29, 1.82) is 0 Å². The molecule has 4 atom stereocenters. The fraction of sp³-hybridized carbons (Fsp3) is 0.389. The van der Waals surface area contributed by atoms with Gasteiger partial charge in [0.2, 0.25) is 0 Å². The summed E-state index contributed by atoms with van der Waals surface area (Å²) in [5, 5.41) is 6.15. The first kappa shape index (κ1) is 14.7. The van der Waals surface area contributed by atoms with E-state index in [4.69, 9.17) is 23.2 Å². The number of hydrazone groups is 1. The minimum absolute atomic E-state index is 0.172. The van der Waals surface area contributed by atoms with Crippen LogP contribution in [0.1, 0.15) is 18.4 Å². The first-order valence-corrected chi connectivity index (χ1v) is 8.84. The Balaban J connectivity index is 1.44. The predicted octanol–water partition coefficient (Wildman–Crippen LogP) is 3.52. The van der Waals surface area contributed by atoms with Gasteiger partial charge in [-0.3, -0.25) is 9.59 Å². The van der Waals surface area contributed by atoms with Gasteiger partial charge in [-0.25, -0.2) is 0 Å². The van der Waals surface area contributed by atoms with Crippen molar-refractivity contribution >= 4 is 41.2 Å². The Labute approximate surface area is 149 Å². The van der Waals surface area contributed by atoms with Crippen molar-refractivity contribution in [1.82, 2.24) is 5.01 Å². The molecule has 1 aromatic carbocycles. The van der Waals surface area contributed by atoms with Crippen LogP contribution in [-0.4, -0.2) is 23.0 Å². The van der Waals surface area contributed by atoms with Gasteiger partial charge in [-0.1, -0.05) is 41.4 Å². The van der Waals surface area contributed by atoms with Crippen molar-refractivity contribution in [3.05, 3.63) is 46.0 Å². The monoisotopic (exact) mass is 360 g/mol. The van der Waals surface area contributed by atoms with E-state index < -0.39 is 0 Å². The third kappa shape index (κ3) is 1.73. The molecule has 0 radical (unpaired) electrons. The lowest BCUT2D eigenvalue weighted by Gasteiger charge is -2.18. The molecule has 0 N–H and O–H groups in total. The van der Waals surface area contributed by atoms with Crippen molar-refractivity contribution in [3.63, 3.8) is 0 Å². The van der Waals surface area contributed by atoms with Crippen LogP contribution in [0.3, 0.4) is 0 Å². The van der Waals surface area contributed by atoms with Crippen molar-refractivity contribution < 1.29 is 9.59 Å². The zero-order chi connectivity index (χ0) is 16.6. The Kier molecular flexibility index (Phi) is 2.88. The Bertz CT molecular complexity index is 809. The number of halogens is 2. The van der Waals surface area contributed by atoms with Gasteiger partial charge in [-0.15, -0.1) is 0 Å². The smallest absolute Gasteiger partial charge is 0.254 e. The van der Waals surface area contributed by atoms with Gasteiger partial charge in [0, 0.05) is 10.6 Å². The van der Waals surface area contributed by atoms with E-state index in [1.165, 1.54) is 6.21 Å². The summed E-state index contributed by atoms with van der Waals surface area (Å²) in [5.74, 6) is -0.379. The molecule has 3 fully saturated rings. The second-order valence-corrected chi connectivity index (χ2v) is 7.96. The Hall–Kier alpha value is -1.65. The lowest BCUT2D eigenvalue weighted by Crippen LogP contribution is -2.30. The van der Waals surface area contributed by atoms with E-state index in [0.717, 1.165) is 17.9 Å². The molecule has 1 saturated heterocycles. The van der Waals surface area contributed by atoms with Crippen LogP contribution in [0.25, 0.3) is 0 Å². The van der Waals surface area contributed by atoms with Crippen LogP contribution >= 0.6 is 23.2 Å². The average Bonchev–Trinajstić information content (AvgIpc) is 3.15. The highest BCUT2D eigenvalue weighted by Crippen LogP contribution is 2.73. The van der Waals surface area contributed by atoms with E-state index in [2.05, 4.69) is 17.3 Å². The number of nitrogens with zero attached hydrogens (tertiary/aromatic N) is 2. The summed E-state index contributed by atoms with van der Waals surface area (Å²) < 4.78 is 0. The van der Waals surface area contributed by atoms with Crippen molar-refractivity contribution in [3.8, 4) is 0 Å². The molecule has 4 nitrogen and oxygen atoms in total. The second kappa shape index (κ2) is 4.70. The molecule has 1 spiro atoms. The third-order valence-electron chi connectivity index (χ3n) is 6.10. The number of rotatable bonds is 2. The number of fused-ring (bicyclic) bond motifs is 3. The Morgan fingerprint density at radius 1 is 1.08 bits per heavy atom. The van der Waals surface area contributed by atoms with Gasteiger partial charge in [0.1, 0.15) is 0 Å². The zero-order valence-electron chi connectivity index (χ0n) is 12.7. The Morgan fingerprint density at radius 3 is 2.25 bits per heavy atom. The summed E-state index contributed by atoms with van der Waals surface area (Å²) in [6.45, 7) is 0. The quantitative estimate of drug-likeness (QED) is 0.460. The minimum Gasteiger partial charge on any atom is -0.272 e. The van der Waals surface area contributed by atoms with Crippen LogP contribution < -0.4 is 0 Å². The molecule has 122 valence electrons. The first-order valence-electron chi connectivity index (χ1n) is 8.08. The van der Waals surface area contributed by atoms with Crippen LogP contribution in [0.2, 0.25) is 10.0 Å². The molecule has 5 rings (SSSR count). The number of hydrogen-bond donors (Lipinski definition) is 0. The van der Waals surface area contributed by atoms with Crippen LogP contribution in [0.15, 0.2) is 35.5 Å². The fourth-order valence-corrected chi connectivity index (χ4v) is 5.36. The van der Waals surface area contributed by atoms with E-state index in [1.54, 1.807) is 18.2 Å². The molecule has 4 unspecified atom stereocenters. The van der Waals surface area contributed by atoms with Crippen molar-refractivity contribution in [2.45, 2.75) is 12.8 Å². The van der Waals surface area contributed by atoms with Gasteiger partial charge in [-0.2, -0.15) is 10.1 Å². The van der Waals surface area contributed by atoms with Crippen molar-refractivity contribution in [2.75, 3.05) is 0 Å². The summed E-state index contributed by atoms with van der Waals surface area (Å²) >= 11 is 12.0. The number of hydrogen-bond acceptors (Lipinski definition) is 3. The van der Waals surface area contributed by atoms with Crippen LogP contribution in [0.4, 0.5) is 0 Å². The highest BCUT2D eigenvalue weighted by atomic mass is 35.5. The molecule has 1 aliphatic heterocycles. The number of carbonyl (C=O) groups is 2. The SMILES string of the molecule is O=C1C2C(C(=O)N1/N=C/c1ccc(Cl)cc1Cl)C1C=CC2C12CC2. The molecule has 1 heterocycles. The summed E-state index contributed by atoms with van der Waals surface area (Å²) in [6.07, 6.45) is 8.01. The van der Waals surface area contributed by atoms with Crippen LogP contribution in [0.5, 0.6) is 0 Å².